The van der Waals surface area contributed by atoms with Gasteiger partial charge in [-0.15, -0.1) is 0 Å². The fourth-order valence-electron chi connectivity index (χ4n) is 4.20. The second-order valence-electron chi connectivity index (χ2n) is 9.03. The molecule has 1 unspecified atom stereocenters. The number of anilines is 1. The number of ketones is 1. The number of aryl methyl sites for hydroxylation is 2. The van der Waals surface area contributed by atoms with Gasteiger partial charge < -0.3 is 9.84 Å². The van der Waals surface area contributed by atoms with Gasteiger partial charge in [0.1, 0.15) is 11.5 Å². The van der Waals surface area contributed by atoms with E-state index in [0.29, 0.717) is 35.1 Å². The van der Waals surface area contributed by atoms with Crippen LogP contribution in [0, 0.1) is 19.8 Å². The van der Waals surface area contributed by atoms with Crippen LogP contribution in [0.2, 0.25) is 0 Å². The van der Waals surface area contributed by atoms with Gasteiger partial charge in [-0.25, -0.2) is 0 Å². The number of benzene rings is 2. The van der Waals surface area contributed by atoms with Crippen molar-refractivity contribution < 1.29 is 19.4 Å². The Morgan fingerprint density at radius 1 is 1.03 bits per heavy atom. The smallest absolute Gasteiger partial charge is 0.300 e. The lowest BCUT2D eigenvalue weighted by atomic mass is 9.95. The summed E-state index contributed by atoms with van der Waals surface area (Å²) in [5.41, 5.74) is 3.69. The number of pyridine rings is 1. The third-order valence-corrected chi connectivity index (χ3v) is 5.64. The minimum atomic E-state index is -0.788. The van der Waals surface area contributed by atoms with E-state index in [1.54, 1.807) is 48.8 Å². The molecule has 1 aliphatic rings. The number of nitrogens with zero attached hydrogens (tertiary/aromatic N) is 2. The summed E-state index contributed by atoms with van der Waals surface area (Å²) in [6.07, 6.45) is 3.22. The number of aliphatic hydroxyl groups excluding tert-OH is 1. The summed E-state index contributed by atoms with van der Waals surface area (Å²) in [5, 5.41) is 11.3. The van der Waals surface area contributed by atoms with E-state index in [1.807, 2.05) is 45.9 Å². The zero-order chi connectivity index (χ0) is 24.4. The van der Waals surface area contributed by atoms with Crippen molar-refractivity contribution in [2.24, 2.45) is 5.92 Å². The molecule has 1 aromatic heterocycles. The molecule has 2 aromatic carbocycles. The molecule has 6 nitrogen and oxygen atoms in total. The number of hydrogen-bond donors (Lipinski definition) is 1. The molecule has 34 heavy (non-hydrogen) atoms. The summed E-state index contributed by atoms with van der Waals surface area (Å²) >= 11 is 0. The van der Waals surface area contributed by atoms with Gasteiger partial charge in [-0.05, 0) is 72.9 Å². The van der Waals surface area contributed by atoms with Gasteiger partial charge in [-0.1, -0.05) is 32.0 Å². The molecule has 6 heteroatoms. The monoisotopic (exact) mass is 456 g/mol. The number of rotatable bonds is 6. The van der Waals surface area contributed by atoms with E-state index in [4.69, 9.17) is 4.74 Å². The minimum absolute atomic E-state index is 0.0383. The van der Waals surface area contributed by atoms with Crippen LogP contribution in [0.25, 0.3) is 5.76 Å². The van der Waals surface area contributed by atoms with Crippen molar-refractivity contribution in [1.29, 1.82) is 0 Å². The van der Waals surface area contributed by atoms with Crippen LogP contribution in [0.15, 0.2) is 72.6 Å². The zero-order valence-corrected chi connectivity index (χ0v) is 19.8. The first kappa shape index (κ1) is 23.2. The standard InChI is InChI=1S/C28H28N2O4/c1-17(2)16-34-23-7-5-6-21(15-23)26(31)24-25(20-8-10-29-11-9-20)30(28(33)27(24)32)22-13-18(3)12-19(4)14-22/h5-15,17,25,31H,16H2,1-4H3/b26-24+. The molecule has 0 bridgehead atoms. The van der Waals surface area contributed by atoms with E-state index in [0.717, 1.165) is 11.1 Å². The predicted octanol–water partition coefficient (Wildman–Crippen LogP) is 5.36. The fraction of sp³-hybridized carbons (Fsp3) is 0.250. The van der Waals surface area contributed by atoms with Gasteiger partial charge in [0.05, 0.1) is 18.2 Å². The first-order chi connectivity index (χ1) is 16.3. The van der Waals surface area contributed by atoms with E-state index in [-0.39, 0.29) is 11.3 Å². The maximum Gasteiger partial charge on any atom is 0.300 e. The number of amides is 1. The van der Waals surface area contributed by atoms with Crippen molar-refractivity contribution in [3.05, 3.63) is 94.8 Å². The van der Waals surface area contributed by atoms with Crippen molar-refractivity contribution in [3.63, 3.8) is 0 Å². The molecule has 1 aliphatic heterocycles. The topological polar surface area (TPSA) is 79.7 Å². The second kappa shape index (κ2) is 9.51. The Kier molecular flexibility index (Phi) is 6.50. The Morgan fingerprint density at radius 2 is 1.71 bits per heavy atom. The molecule has 4 rings (SSSR count). The van der Waals surface area contributed by atoms with Gasteiger partial charge >= 0.3 is 0 Å². The van der Waals surface area contributed by atoms with Gasteiger partial charge in [-0.2, -0.15) is 0 Å². The van der Waals surface area contributed by atoms with Crippen LogP contribution in [0.1, 0.15) is 42.1 Å². The summed E-state index contributed by atoms with van der Waals surface area (Å²) in [7, 11) is 0. The highest BCUT2D eigenvalue weighted by Gasteiger charge is 2.47. The molecule has 2 heterocycles. The predicted molar refractivity (Wildman–Crippen MR) is 132 cm³/mol. The third-order valence-electron chi connectivity index (χ3n) is 5.64. The van der Waals surface area contributed by atoms with Crippen LogP contribution in [0.3, 0.4) is 0 Å². The highest BCUT2D eigenvalue weighted by atomic mass is 16.5. The van der Waals surface area contributed by atoms with Crippen LogP contribution in [-0.4, -0.2) is 28.4 Å². The normalized spacial score (nSPS) is 17.4. The molecular weight excluding hydrogens is 428 g/mol. The molecule has 1 N–H and O–H groups in total. The van der Waals surface area contributed by atoms with E-state index >= 15 is 0 Å². The van der Waals surface area contributed by atoms with Gasteiger partial charge in [0.15, 0.2) is 0 Å². The fourth-order valence-corrected chi connectivity index (χ4v) is 4.20. The molecule has 1 saturated heterocycles. The first-order valence-electron chi connectivity index (χ1n) is 11.3. The molecule has 1 atom stereocenters. The molecule has 1 amide bonds. The maximum atomic E-state index is 13.3. The molecule has 1 fully saturated rings. The lowest BCUT2D eigenvalue weighted by Crippen LogP contribution is -2.29. The summed E-state index contributed by atoms with van der Waals surface area (Å²) in [6, 6.07) is 15.4. The van der Waals surface area contributed by atoms with Crippen LogP contribution in [-0.2, 0) is 9.59 Å². The average Bonchev–Trinajstić information content (AvgIpc) is 3.08. The summed E-state index contributed by atoms with van der Waals surface area (Å²) in [5.74, 6) is -0.719. The summed E-state index contributed by atoms with van der Waals surface area (Å²) in [4.78, 5) is 32.1. The lowest BCUT2D eigenvalue weighted by Gasteiger charge is -2.26. The molecular formula is C28H28N2O4. The Bertz CT molecular complexity index is 1240. The zero-order valence-electron chi connectivity index (χ0n) is 19.8. The molecule has 0 radical (unpaired) electrons. The van der Waals surface area contributed by atoms with Crippen molar-refractivity contribution >= 4 is 23.1 Å². The Morgan fingerprint density at radius 3 is 2.35 bits per heavy atom. The van der Waals surface area contributed by atoms with Crippen LogP contribution < -0.4 is 9.64 Å². The van der Waals surface area contributed by atoms with Crippen LogP contribution in [0.5, 0.6) is 5.75 Å². The number of aliphatic hydroxyl groups is 1. The number of ether oxygens (including phenoxy) is 1. The van der Waals surface area contributed by atoms with Gasteiger partial charge in [0.2, 0.25) is 0 Å². The minimum Gasteiger partial charge on any atom is -0.507 e. The van der Waals surface area contributed by atoms with Gasteiger partial charge in [0.25, 0.3) is 11.7 Å². The quantitative estimate of drug-likeness (QED) is 0.307. The number of carbonyl (C=O) groups excluding carboxylic acids is 2. The van der Waals surface area contributed by atoms with E-state index in [1.165, 1.54) is 4.90 Å². The second-order valence-corrected chi connectivity index (χ2v) is 9.03. The number of aromatic nitrogens is 1. The third kappa shape index (κ3) is 4.57. The molecule has 3 aromatic rings. The highest BCUT2D eigenvalue weighted by Crippen LogP contribution is 2.42. The van der Waals surface area contributed by atoms with Crippen LogP contribution >= 0.6 is 0 Å². The first-order valence-corrected chi connectivity index (χ1v) is 11.3. The number of Topliss-reactive ketones (excluding diaryl/α,β-unsaturated/α-hetero) is 1. The van der Waals surface area contributed by atoms with E-state index < -0.39 is 17.7 Å². The van der Waals surface area contributed by atoms with Crippen molar-refractivity contribution in [2.45, 2.75) is 33.7 Å². The molecule has 0 saturated carbocycles. The van der Waals surface area contributed by atoms with Gasteiger partial charge in [0, 0.05) is 23.6 Å². The molecule has 174 valence electrons. The molecule has 0 aliphatic carbocycles. The average molecular weight is 457 g/mol. The summed E-state index contributed by atoms with van der Waals surface area (Å²) in [6.45, 7) is 8.51. The van der Waals surface area contributed by atoms with Crippen molar-refractivity contribution in [2.75, 3.05) is 11.5 Å². The highest BCUT2D eigenvalue weighted by molar-refractivity contribution is 6.51. The number of hydrogen-bond acceptors (Lipinski definition) is 5. The Balaban J connectivity index is 1.87. The van der Waals surface area contributed by atoms with Crippen LogP contribution in [0.4, 0.5) is 5.69 Å². The maximum absolute atomic E-state index is 13.3. The van der Waals surface area contributed by atoms with Gasteiger partial charge in [-0.3, -0.25) is 19.5 Å². The summed E-state index contributed by atoms with van der Waals surface area (Å²) < 4.78 is 5.79. The van der Waals surface area contributed by atoms with Crippen molar-refractivity contribution in [1.82, 2.24) is 4.98 Å². The largest absolute Gasteiger partial charge is 0.507 e. The lowest BCUT2D eigenvalue weighted by molar-refractivity contribution is -0.132. The van der Waals surface area contributed by atoms with E-state index in [9.17, 15) is 14.7 Å². The SMILES string of the molecule is Cc1cc(C)cc(N2C(=O)C(=O)/C(=C(/O)c3cccc(OCC(C)C)c3)C2c2ccncc2)c1. The Hall–Kier alpha value is -3.93. The Labute approximate surface area is 199 Å². The van der Waals surface area contributed by atoms with Crippen molar-refractivity contribution in [3.8, 4) is 5.75 Å². The van der Waals surface area contributed by atoms with E-state index in [2.05, 4.69) is 4.98 Å². The number of carbonyl (C=O) groups is 2. The molecule has 0 spiro atoms.